The van der Waals surface area contributed by atoms with Crippen molar-refractivity contribution in [1.82, 2.24) is 0 Å². The Balaban J connectivity index is 0.000000640. The molecule has 0 saturated carbocycles. The van der Waals surface area contributed by atoms with Crippen molar-refractivity contribution in [2.24, 2.45) is 11.7 Å². The van der Waals surface area contributed by atoms with Crippen molar-refractivity contribution in [1.29, 1.82) is 0 Å². The first kappa shape index (κ1) is 9.17. The molecule has 2 atom stereocenters. The number of hydrogen-bond donors (Lipinski definition) is 2. The number of aliphatic hydroxyl groups excluding tert-OH is 1. The van der Waals surface area contributed by atoms with Crippen molar-refractivity contribution < 1.29 is 9.84 Å². The maximum Gasteiger partial charge on any atom is 0.0622 e. The highest BCUT2D eigenvalue weighted by Crippen LogP contribution is 2.09. The van der Waals surface area contributed by atoms with Crippen LogP contribution in [-0.2, 0) is 4.74 Å². The summed E-state index contributed by atoms with van der Waals surface area (Å²) in [5, 5.41) is 8.58. The van der Waals surface area contributed by atoms with Gasteiger partial charge in [0.1, 0.15) is 0 Å². The van der Waals surface area contributed by atoms with Gasteiger partial charge in [0.2, 0.25) is 0 Å². The van der Waals surface area contributed by atoms with Crippen LogP contribution < -0.4 is 5.73 Å². The lowest BCUT2D eigenvalue weighted by Crippen LogP contribution is -2.30. The van der Waals surface area contributed by atoms with Crippen molar-refractivity contribution in [3.8, 4) is 0 Å². The molecule has 3 nitrogen and oxygen atoms in total. The van der Waals surface area contributed by atoms with Crippen LogP contribution in [0.3, 0.4) is 0 Å². The van der Waals surface area contributed by atoms with Gasteiger partial charge < -0.3 is 15.6 Å². The summed E-state index contributed by atoms with van der Waals surface area (Å²) in [4.78, 5) is 0. The molecule has 0 aromatic heterocycles. The van der Waals surface area contributed by atoms with E-state index in [1.165, 1.54) is 0 Å². The van der Waals surface area contributed by atoms with E-state index in [1.54, 1.807) is 0 Å². The van der Waals surface area contributed by atoms with Crippen molar-refractivity contribution in [2.45, 2.75) is 6.04 Å². The van der Waals surface area contributed by atoms with Crippen LogP contribution in [0.4, 0.5) is 0 Å². The van der Waals surface area contributed by atoms with Gasteiger partial charge in [-0.25, -0.2) is 0 Å². The molecular weight excluding hydrogens is 142 g/mol. The van der Waals surface area contributed by atoms with E-state index in [-0.39, 0.29) is 31.0 Å². The van der Waals surface area contributed by atoms with Crippen LogP contribution in [0.2, 0.25) is 0 Å². The third kappa shape index (κ3) is 2.10. The number of halogens is 1. The summed E-state index contributed by atoms with van der Waals surface area (Å²) in [7, 11) is 0. The quantitative estimate of drug-likeness (QED) is 0.528. The van der Waals surface area contributed by atoms with Gasteiger partial charge in [-0.2, -0.15) is 0 Å². The number of hydrogen-bond acceptors (Lipinski definition) is 3. The number of ether oxygens (including phenoxy) is 1. The lowest BCUT2D eigenvalue weighted by Gasteiger charge is -2.06. The molecule has 4 heteroatoms. The third-order valence-corrected chi connectivity index (χ3v) is 1.48. The fourth-order valence-corrected chi connectivity index (χ4v) is 0.803. The Bertz CT molecular complexity index is 81.4. The second kappa shape index (κ2) is 4.06. The summed E-state index contributed by atoms with van der Waals surface area (Å²) >= 11 is 0. The maximum absolute atomic E-state index is 8.58. The molecule has 0 spiro atoms. The molecule has 3 N–H and O–H groups in total. The van der Waals surface area contributed by atoms with E-state index < -0.39 is 0 Å². The van der Waals surface area contributed by atoms with E-state index in [0.717, 1.165) is 0 Å². The minimum Gasteiger partial charge on any atom is -0.396 e. The molecule has 0 aliphatic carbocycles. The van der Waals surface area contributed by atoms with Crippen molar-refractivity contribution in [3.05, 3.63) is 0 Å². The predicted octanol–water partition coefficient (Wildman–Crippen LogP) is -0.626. The summed E-state index contributed by atoms with van der Waals surface area (Å²) in [6.07, 6.45) is 0. The van der Waals surface area contributed by atoms with Gasteiger partial charge >= 0.3 is 0 Å². The molecule has 0 aromatic carbocycles. The van der Waals surface area contributed by atoms with Gasteiger partial charge in [0, 0.05) is 18.6 Å². The lowest BCUT2D eigenvalue weighted by molar-refractivity contribution is 0.161. The van der Waals surface area contributed by atoms with Gasteiger partial charge in [-0.1, -0.05) is 0 Å². The minimum atomic E-state index is 0. The molecule has 0 aromatic rings. The number of aliphatic hydroxyl groups is 1. The second-order valence-corrected chi connectivity index (χ2v) is 2.14. The highest BCUT2D eigenvalue weighted by molar-refractivity contribution is 5.85. The summed E-state index contributed by atoms with van der Waals surface area (Å²) < 4.78 is 4.98. The Morgan fingerprint density at radius 3 is 2.44 bits per heavy atom. The summed E-state index contributed by atoms with van der Waals surface area (Å²) in [5.41, 5.74) is 5.50. The van der Waals surface area contributed by atoms with Gasteiger partial charge in [-0.3, -0.25) is 0 Å². The fourth-order valence-electron chi connectivity index (χ4n) is 0.803. The van der Waals surface area contributed by atoms with E-state index >= 15 is 0 Å². The van der Waals surface area contributed by atoms with Crippen LogP contribution in [0.25, 0.3) is 0 Å². The number of nitrogens with two attached hydrogens (primary N) is 1. The van der Waals surface area contributed by atoms with Crippen LogP contribution in [0.5, 0.6) is 0 Å². The Morgan fingerprint density at radius 1 is 1.56 bits per heavy atom. The molecule has 1 rings (SSSR count). The lowest BCUT2D eigenvalue weighted by atomic mass is 10.1. The van der Waals surface area contributed by atoms with E-state index in [1.807, 2.05) is 0 Å². The first-order valence-corrected chi connectivity index (χ1v) is 2.78. The molecule has 1 aliphatic heterocycles. The second-order valence-electron chi connectivity index (χ2n) is 2.14. The predicted molar refractivity (Wildman–Crippen MR) is 36.6 cm³/mol. The highest BCUT2D eigenvalue weighted by atomic mass is 35.5. The summed E-state index contributed by atoms with van der Waals surface area (Å²) in [6.45, 7) is 1.38. The average molecular weight is 154 g/mol. The van der Waals surface area contributed by atoms with Crippen LogP contribution in [0.1, 0.15) is 0 Å². The molecule has 56 valence electrons. The topological polar surface area (TPSA) is 55.5 Å². The third-order valence-electron chi connectivity index (χ3n) is 1.48. The fraction of sp³-hybridized carbons (Fsp3) is 1.00. The minimum absolute atomic E-state index is 0. The van der Waals surface area contributed by atoms with Gasteiger partial charge in [0.15, 0.2) is 0 Å². The molecule has 1 aliphatic rings. The molecule has 1 fully saturated rings. The molecule has 9 heavy (non-hydrogen) atoms. The zero-order valence-corrected chi connectivity index (χ0v) is 5.93. The maximum atomic E-state index is 8.58. The zero-order valence-electron chi connectivity index (χ0n) is 5.12. The van der Waals surface area contributed by atoms with E-state index in [2.05, 4.69) is 0 Å². The molecule has 0 bridgehead atoms. The Labute approximate surface area is 60.6 Å². The van der Waals surface area contributed by atoms with Crippen LogP contribution in [0.15, 0.2) is 0 Å². The largest absolute Gasteiger partial charge is 0.396 e. The van der Waals surface area contributed by atoms with Crippen LogP contribution >= 0.6 is 12.4 Å². The zero-order chi connectivity index (χ0) is 5.98. The Morgan fingerprint density at radius 2 is 2.22 bits per heavy atom. The van der Waals surface area contributed by atoms with Gasteiger partial charge in [0.25, 0.3) is 0 Å². The first-order valence-electron chi connectivity index (χ1n) is 2.78. The molecule has 1 heterocycles. The molecule has 0 unspecified atom stereocenters. The monoisotopic (exact) mass is 153 g/mol. The van der Waals surface area contributed by atoms with Crippen molar-refractivity contribution in [2.75, 3.05) is 19.8 Å². The molecule has 0 radical (unpaired) electrons. The standard InChI is InChI=1S/C5H11NO2.ClH/c6-5-3-8-2-4(5)1-7;/h4-5,7H,1-3,6H2;1H/t4-,5+;/m0./s1. The van der Waals surface area contributed by atoms with Crippen LogP contribution in [-0.4, -0.2) is 31.0 Å². The van der Waals surface area contributed by atoms with Gasteiger partial charge in [0.05, 0.1) is 13.2 Å². The van der Waals surface area contributed by atoms with Crippen LogP contribution in [0, 0.1) is 5.92 Å². The van der Waals surface area contributed by atoms with Gasteiger partial charge in [-0.05, 0) is 0 Å². The van der Waals surface area contributed by atoms with E-state index in [0.29, 0.717) is 13.2 Å². The average Bonchev–Trinajstić information content (AvgIpc) is 2.14. The van der Waals surface area contributed by atoms with Crippen molar-refractivity contribution in [3.63, 3.8) is 0 Å². The summed E-state index contributed by atoms with van der Waals surface area (Å²) in [6, 6.07) is 0.0556. The van der Waals surface area contributed by atoms with Crippen molar-refractivity contribution >= 4 is 12.4 Å². The molecule has 1 saturated heterocycles. The number of rotatable bonds is 1. The van der Waals surface area contributed by atoms with Gasteiger partial charge in [-0.15, -0.1) is 12.4 Å². The Kier molecular flexibility index (Phi) is 4.14. The van der Waals surface area contributed by atoms with E-state index in [9.17, 15) is 0 Å². The van der Waals surface area contributed by atoms with E-state index in [4.69, 9.17) is 15.6 Å². The molecular formula is C5H12ClNO2. The SMILES string of the molecule is Cl.N[C@@H]1COC[C@@H]1CO. The highest BCUT2D eigenvalue weighted by Gasteiger charge is 2.23. The normalized spacial score (nSPS) is 34.0. The summed E-state index contributed by atoms with van der Waals surface area (Å²) in [5.74, 6) is 0.176. The molecule has 0 amide bonds. The smallest absolute Gasteiger partial charge is 0.0622 e. The first-order chi connectivity index (χ1) is 3.84. The Hall–Kier alpha value is 0.170.